The number of nitrogens with zero attached hydrogens (tertiary/aromatic N) is 4. The number of carbonyl (C=O) groups excluding carboxylic acids is 2. The van der Waals surface area contributed by atoms with Crippen molar-refractivity contribution in [3.8, 4) is 11.1 Å². The van der Waals surface area contributed by atoms with E-state index in [1.807, 2.05) is 43.9 Å². The minimum atomic E-state index is -0.276. The van der Waals surface area contributed by atoms with Crippen LogP contribution in [0.15, 0.2) is 54.6 Å². The van der Waals surface area contributed by atoms with Crippen LogP contribution in [0.1, 0.15) is 24.1 Å². The van der Waals surface area contributed by atoms with E-state index in [4.69, 9.17) is 0 Å². The number of aromatic nitrogens is 3. The standard InChI is InChI=1S/C26H31N5O2/c1-18(16-31-20(3)28-19(2)29-31)26(33)30-14-13-27-25(32)24(17-30)15-21-9-11-23(12-10-21)22-7-5-4-6-8-22/h4-12,18,24H,13-17H2,1-3H3,(H,27,32)/t18-,24-/m1/s1. The molecule has 0 aliphatic carbocycles. The quantitative estimate of drug-likeness (QED) is 0.633. The molecular weight excluding hydrogens is 414 g/mol. The minimum absolute atomic E-state index is 0.00725. The van der Waals surface area contributed by atoms with E-state index in [0.717, 1.165) is 17.0 Å². The Morgan fingerprint density at radius 1 is 1.09 bits per heavy atom. The maximum Gasteiger partial charge on any atom is 0.227 e. The summed E-state index contributed by atoms with van der Waals surface area (Å²) in [6, 6.07) is 18.6. The Hall–Kier alpha value is -3.48. The van der Waals surface area contributed by atoms with Gasteiger partial charge < -0.3 is 10.2 Å². The van der Waals surface area contributed by atoms with Gasteiger partial charge in [-0.05, 0) is 37.0 Å². The third kappa shape index (κ3) is 5.48. The maximum absolute atomic E-state index is 13.2. The number of benzene rings is 2. The zero-order chi connectivity index (χ0) is 23.4. The van der Waals surface area contributed by atoms with Gasteiger partial charge in [-0.3, -0.25) is 9.59 Å². The van der Waals surface area contributed by atoms with E-state index in [-0.39, 0.29) is 23.7 Å². The number of nitrogens with one attached hydrogen (secondary N) is 1. The molecule has 0 radical (unpaired) electrons. The molecule has 2 heterocycles. The first-order chi connectivity index (χ1) is 15.9. The van der Waals surface area contributed by atoms with Crippen LogP contribution in [0.3, 0.4) is 0 Å². The Morgan fingerprint density at radius 2 is 1.79 bits per heavy atom. The zero-order valence-corrected chi connectivity index (χ0v) is 19.5. The van der Waals surface area contributed by atoms with Gasteiger partial charge in [0.25, 0.3) is 0 Å². The van der Waals surface area contributed by atoms with Crippen molar-refractivity contribution in [2.24, 2.45) is 11.8 Å². The molecule has 4 rings (SSSR count). The number of amides is 2. The summed E-state index contributed by atoms with van der Waals surface area (Å²) in [4.78, 5) is 32.1. The second kappa shape index (κ2) is 9.98. The van der Waals surface area contributed by atoms with Gasteiger partial charge in [-0.25, -0.2) is 9.67 Å². The molecule has 0 bridgehead atoms. The molecule has 7 heteroatoms. The zero-order valence-electron chi connectivity index (χ0n) is 19.5. The van der Waals surface area contributed by atoms with Crippen molar-refractivity contribution in [2.45, 2.75) is 33.7 Å². The molecular formula is C26H31N5O2. The van der Waals surface area contributed by atoms with Gasteiger partial charge in [0.05, 0.1) is 18.4 Å². The summed E-state index contributed by atoms with van der Waals surface area (Å²) in [7, 11) is 0. The number of hydrogen-bond donors (Lipinski definition) is 1. The fourth-order valence-electron chi connectivity index (χ4n) is 4.39. The number of carbonyl (C=O) groups is 2. The first-order valence-corrected chi connectivity index (χ1v) is 11.5. The lowest BCUT2D eigenvalue weighted by atomic mass is 9.95. The highest BCUT2D eigenvalue weighted by Gasteiger charge is 2.30. The summed E-state index contributed by atoms with van der Waals surface area (Å²) >= 11 is 0. The molecule has 1 aromatic heterocycles. The molecule has 3 aromatic rings. The Balaban J connectivity index is 1.42. The Labute approximate surface area is 194 Å². The minimum Gasteiger partial charge on any atom is -0.354 e. The van der Waals surface area contributed by atoms with Crippen molar-refractivity contribution in [3.05, 3.63) is 71.8 Å². The van der Waals surface area contributed by atoms with Gasteiger partial charge in [0.15, 0.2) is 0 Å². The fraction of sp³-hybridized carbons (Fsp3) is 0.385. The second-order valence-electron chi connectivity index (χ2n) is 8.83. The molecule has 2 amide bonds. The van der Waals surface area contributed by atoms with E-state index in [1.165, 1.54) is 5.56 Å². The largest absolute Gasteiger partial charge is 0.354 e. The summed E-state index contributed by atoms with van der Waals surface area (Å²) in [5.41, 5.74) is 3.40. The Kier molecular flexibility index (Phi) is 6.87. The molecule has 1 saturated heterocycles. The van der Waals surface area contributed by atoms with Crippen molar-refractivity contribution in [3.63, 3.8) is 0 Å². The van der Waals surface area contributed by atoms with Gasteiger partial charge in [0.2, 0.25) is 11.8 Å². The highest BCUT2D eigenvalue weighted by Crippen LogP contribution is 2.21. The van der Waals surface area contributed by atoms with Gasteiger partial charge in [-0.1, -0.05) is 61.5 Å². The lowest BCUT2D eigenvalue weighted by molar-refractivity contribution is -0.136. The molecule has 1 aliphatic heterocycles. The van der Waals surface area contributed by atoms with Crippen LogP contribution in [0.2, 0.25) is 0 Å². The summed E-state index contributed by atoms with van der Waals surface area (Å²) in [6.07, 6.45) is 0.598. The van der Waals surface area contributed by atoms with Gasteiger partial charge in [0, 0.05) is 19.6 Å². The average molecular weight is 446 g/mol. The van der Waals surface area contributed by atoms with Crippen LogP contribution in [-0.4, -0.2) is 51.1 Å². The molecule has 2 aromatic carbocycles. The molecule has 172 valence electrons. The summed E-state index contributed by atoms with van der Waals surface area (Å²) in [5.74, 6) is 1.04. The van der Waals surface area contributed by atoms with E-state index in [2.05, 4.69) is 51.8 Å². The third-order valence-corrected chi connectivity index (χ3v) is 6.18. The van der Waals surface area contributed by atoms with E-state index < -0.39 is 0 Å². The van der Waals surface area contributed by atoms with E-state index in [0.29, 0.717) is 38.4 Å². The molecule has 2 atom stereocenters. The maximum atomic E-state index is 13.2. The monoisotopic (exact) mass is 445 g/mol. The molecule has 1 fully saturated rings. The van der Waals surface area contributed by atoms with Crippen molar-refractivity contribution >= 4 is 11.8 Å². The molecule has 0 spiro atoms. The van der Waals surface area contributed by atoms with Crippen LogP contribution in [-0.2, 0) is 22.6 Å². The first kappa shape index (κ1) is 22.7. The van der Waals surface area contributed by atoms with Crippen molar-refractivity contribution < 1.29 is 9.59 Å². The summed E-state index contributed by atoms with van der Waals surface area (Å²) in [6.45, 7) is 7.55. The summed E-state index contributed by atoms with van der Waals surface area (Å²) < 4.78 is 1.78. The number of aryl methyl sites for hydroxylation is 2. The molecule has 1 N–H and O–H groups in total. The first-order valence-electron chi connectivity index (χ1n) is 11.5. The van der Waals surface area contributed by atoms with Gasteiger partial charge in [-0.2, -0.15) is 5.10 Å². The molecule has 1 aliphatic rings. The summed E-state index contributed by atoms with van der Waals surface area (Å²) in [5, 5.41) is 7.35. The highest BCUT2D eigenvalue weighted by atomic mass is 16.2. The predicted octanol–water partition coefficient (Wildman–Crippen LogP) is 3.02. The molecule has 7 nitrogen and oxygen atoms in total. The molecule has 0 saturated carbocycles. The second-order valence-corrected chi connectivity index (χ2v) is 8.83. The van der Waals surface area contributed by atoms with Crippen LogP contribution in [0.25, 0.3) is 11.1 Å². The van der Waals surface area contributed by atoms with Gasteiger partial charge >= 0.3 is 0 Å². The molecule has 33 heavy (non-hydrogen) atoms. The predicted molar refractivity (Wildman–Crippen MR) is 127 cm³/mol. The molecule has 0 unspecified atom stereocenters. The van der Waals surface area contributed by atoms with Crippen LogP contribution in [0, 0.1) is 25.7 Å². The lowest BCUT2D eigenvalue weighted by Gasteiger charge is -2.26. The SMILES string of the molecule is Cc1nc(C)n(C[C@@H](C)C(=O)N2CCNC(=O)[C@H](Cc3ccc(-c4ccccc4)cc3)C2)n1. The highest BCUT2D eigenvalue weighted by molar-refractivity contribution is 5.83. The average Bonchev–Trinajstić information content (AvgIpc) is 3.02. The number of rotatable bonds is 6. The van der Waals surface area contributed by atoms with Crippen LogP contribution >= 0.6 is 0 Å². The van der Waals surface area contributed by atoms with Crippen molar-refractivity contribution in [1.29, 1.82) is 0 Å². The van der Waals surface area contributed by atoms with E-state index in [1.54, 1.807) is 4.68 Å². The Morgan fingerprint density at radius 3 is 2.45 bits per heavy atom. The fourth-order valence-corrected chi connectivity index (χ4v) is 4.39. The van der Waals surface area contributed by atoms with Crippen LogP contribution < -0.4 is 5.32 Å². The third-order valence-electron chi connectivity index (χ3n) is 6.18. The topological polar surface area (TPSA) is 80.1 Å². The Bertz CT molecular complexity index is 1110. The van der Waals surface area contributed by atoms with Crippen LogP contribution in [0.4, 0.5) is 0 Å². The smallest absolute Gasteiger partial charge is 0.227 e. The van der Waals surface area contributed by atoms with Crippen molar-refractivity contribution in [1.82, 2.24) is 25.0 Å². The van der Waals surface area contributed by atoms with E-state index in [9.17, 15) is 9.59 Å². The van der Waals surface area contributed by atoms with Crippen LogP contribution in [0.5, 0.6) is 0 Å². The van der Waals surface area contributed by atoms with Gasteiger partial charge in [0.1, 0.15) is 11.6 Å². The normalized spacial score (nSPS) is 17.4. The number of hydrogen-bond acceptors (Lipinski definition) is 4. The van der Waals surface area contributed by atoms with E-state index >= 15 is 0 Å². The van der Waals surface area contributed by atoms with Crippen molar-refractivity contribution in [2.75, 3.05) is 19.6 Å². The lowest BCUT2D eigenvalue weighted by Crippen LogP contribution is -2.41. The van der Waals surface area contributed by atoms with Gasteiger partial charge in [-0.15, -0.1) is 0 Å².